The number of anilines is 1. The van der Waals surface area contributed by atoms with Crippen LogP contribution in [0.4, 0.5) is 18.9 Å². The number of benzene rings is 2. The number of halogens is 3. The van der Waals surface area contributed by atoms with E-state index in [2.05, 4.69) is 15.3 Å². The van der Waals surface area contributed by atoms with Crippen molar-refractivity contribution in [3.8, 4) is 5.75 Å². The van der Waals surface area contributed by atoms with E-state index >= 15 is 0 Å². The van der Waals surface area contributed by atoms with Gasteiger partial charge in [0.15, 0.2) is 5.16 Å². The molecule has 0 saturated heterocycles. The molecule has 1 atom stereocenters. The predicted molar refractivity (Wildman–Crippen MR) is 129 cm³/mol. The molecular formula is C25H23F3N4O2S. The molecule has 0 aliphatic heterocycles. The first kappa shape index (κ1) is 24.6. The first-order valence-corrected chi connectivity index (χ1v) is 11.8. The Morgan fingerprint density at radius 1 is 1.17 bits per heavy atom. The van der Waals surface area contributed by atoms with Crippen molar-refractivity contribution in [2.45, 2.75) is 36.5 Å². The number of methoxy groups -OCH3 is 1. The lowest BCUT2D eigenvalue weighted by Gasteiger charge is -2.20. The number of fused-ring (bicyclic) bond motifs is 1. The molecule has 0 aliphatic carbocycles. The summed E-state index contributed by atoms with van der Waals surface area (Å²) in [4.78, 5) is 22.2. The van der Waals surface area contributed by atoms with Gasteiger partial charge in [-0.25, -0.2) is 4.98 Å². The normalized spacial score (nSPS) is 12.5. The summed E-state index contributed by atoms with van der Waals surface area (Å²) < 4.78 is 46.5. The Balaban J connectivity index is 1.65. The highest BCUT2D eigenvalue weighted by Crippen LogP contribution is 2.34. The van der Waals surface area contributed by atoms with Crippen LogP contribution in [0.25, 0.3) is 11.0 Å². The number of hydrogen-bond acceptors (Lipinski definition) is 5. The van der Waals surface area contributed by atoms with Crippen molar-refractivity contribution in [1.82, 2.24) is 14.5 Å². The maximum Gasteiger partial charge on any atom is 0.416 e. The van der Waals surface area contributed by atoms with Gasteiger partial charge in [-0.05, 0) is 36.2 Å². The van der Waals surface area contributed by atoms with Crippen molar-refractivity contribution >= 4 is 34.4 Å². The molecule has 6 nitrogen and oxygen atoms in total. The summed E-state index contributed by atoms with van der Waals surface area (Å²) in [5, 5.41) is 3.44. The zero-order valence-corrected chi connectivity index (χ0v) is 19.9. The van der Waals surface area contributed by atoms with Crippen molar-refractivity contribution in [3.05, 3.63) is 78.1 Å². The second kappa shape index (κ2) is 10.4. The Morgan fingerprint density at radius 2 is 1.97 bits per heavy atom. The van der Waals surface area contributed by atoms with E-state index in [9.17, 15) is 18.0 Å². The maximum absolute atomic E-state index is 13.4. The Bertz CT molecular complexity index is 1340. The minimum Gasteiger partial charge on any atom is -0.495 e. The number of pyridine rings is 1. The minimum absolute atomic E-state index is 0.255. The number of carbonyl (C=O) groups is 1. The number of nitrogens with one attached hydrogen (secondary N) is 1. The number of thioether (sulfide) groups is 1. The highest BCUT2D eigenvalue weighted by molar-refractivity contribution is 7.98. The monoisotopic (exact) mass is 500 g/mol. The molecule has 2 heterocycles. The second-order valence-corrected chi connectivity index (χ2v) is 8.67. The fourth-order valence-electron chi connectivity index (χ4n) is 3.76. The number of imidazole rings is 1. The number of alkyl halides is 3. The molecule has 2 aromatic heterocycles. The van der Waals surface area contributed by atoms with Crippen LogP contribution in [0.2, 0.25) is 0 Å². The van der Waals surface area contributed by atoms with Crippen LogP contribution in [0, 0.1) is 0 Å². The van der Waals surface area contributed by atoms with E-state index in [0.29, 0.717) is 39.6 Å². The molecule has 2 aromatic carbocycles. The van der Waals surface area contributed by atoms with Gasteiger partial charge in [0.25, 0.3) is 0 Å². The highest BCUT2D eigenvalue weighted by atomic mass is 32.2. The number of amides is 1. The third kappa shape index (κ3) is 5.43. The lowest BCUT2D eigenvalue weighted by atomic mass is 10.1. The highest BCUT2D eigenvalue weighted by Gasteiger charge is 2.30. The van der Waals surface area contributed by atoms with Gasteiger partial charge in [0.1, 0.15) is 11.8 Å². The molecule has 1 N–H and O–H groups in total. The average molecular weight is 501 g/mol. The largest absolute Gasteiger partial charge is 0.495 e. The number of aromatic nitrogens is 3. The minimum atomic E-state index is -4.41. The van der Waals surface area contributed by atoms with Gasteiger partial charge in [0.2, 0.25) is 5.91 Å². The van der Waals surface area contributed by atoms with Crippen LogP contribution in [0.15, 0.2) is 72.1 Å². The van der Waals surface area contributed by atoms with Crippen molar-refractivity contribution in [2.75, 3.05) is 12.4 Å². The summed E-state index contributed by atoms with van der Waals surface area (Å²) in [6.45, 7) is 1.88. The molecule has 4 aromatic rings. The van der Waals surface area contributed by atoms with Crippen LogP contribution >= 0.6 is 11.8 Å². The SMILES string of the molecule is CC[C@@H](C(=O)Nc1ccccc1OC)n1c(SCc2cccc(C(F)(F)F)c2)nc2ccncc21. The van der Waals surface area contributed by atoms with Gasteiger partial charge in [-0.2, -0.15) is 13.2 Å². The molecule has 1 amide bonds. The first-order chi connectivity index (χ1) is 16.8. The smallest absolute Gasteiger partial charge is 0.416 e. The van der Waals surface area contributed by atoms with Gasteiger partial charge in [-0.3, -0.25) is 9.78 Å². The molecule has 0 spiro atoms. The average Bonchev–Trinajstić information content (AvgIpc) is 3.21. The molecule has 0 unspecified atom stereocenters. The van der Waals surface area contributed by atoms with E-state index in [4.69, 9.17) is 4.74 Å². The number of ether oxygens (including phenoxy) is 1. The van der Waals surface area contributed by atoms with Crippen molar-refractivity contribution in [1.29, 1.82) is 0 Å². The fraction of sp³-hybridized carbons (Fsp3) is 0.240. The van der Waals surface area contributed by atoms with E-state index in [1.165, 1.54) is 24.9 Å². The van der Waals surface area contributed by atoms with Crippen LogP contribution < -0.4 is 10.1 Å². The van der Waals surface area contributed by atoms with Gasteiger partial charge in [0, 0.05) is 11.9 Å². The van der Waals surface area contributed by atoms with Crippen molar-refractivity contribution in [2.24, 2.45) is 0 Å². The molecule has 35 heavy (non-hydrogen) atoms. The third-order valence-corrected chi connectivity index (χ3v) is 6.47. The van der Waals surface area contributed by atoms with Crippen LogP contribution in [-0.4, -0.2) is 27.6 Å². The summed E-state index contributed by atoms with van der Waals surface area (Å²) in [5.74, 6) is 0.527. The predicted octanol–water partition coefficient (Wildman–Crippen LogP) is 6.34. The van der Waals surface area contributed by atoms with Gasteiger partial charge in [-0.1, -0.05) is 49.0 Å². The molecule has 0 aliphatic rings. The molecule has 0 radical (unpaired) electrons. The number of para-hydroxylation sites is 2. The summed E-state index contributed by atoms with van der Waals surface area (Å²) in [5.41, 5.74) is 1.67. The molecular weight excluding hydrogens is 477 g/mol. The Kier molecular flexibility index (Phi) is 7.30. The van der Waals surface area contributed by atoms with E-state index in [-0.39, 0.29) is 11.7 Å². The van der Waals surface area contributed by atoms with Crippen LogP contribution in [0.3, 0.4) is 0 Å². The number of hydrogen-bond donors (Lipinski definition) is 1. The van der Waals surface area contributed by atoms with E-state index < -0.39 is 17.8 Å². The van der Waals surface area contributed by atoms with Gasteiger partial charge in [0.05, 0.1) is 35.6 Å². The number of carbonyl (C=O) groups excluding carboxylic acids is 1. The molecule has 0 fully saturated rings. The molecule has 4 rings (SSSR count). The van der Waals surface area contributed by atoms with E-state index in [1.807, 2.05) is 13.0 Å². The summed E-state index contributed by atoms with van der Waals surface area (Å²) in [6.07, 6.45) is -0.714. The summed E-state index contributed by atoms with van der Waals surface area (Å²) in [6, 6.07) is 13.4. The van der Waals surface area contributed by atoms with Crippen LogP contribution in [0.5, 0.6) is 5.75 Å². The molecule has 0 bridgehead atoms. The fourth-order valence-corrected chi connectivity index (χ4v) is 4.76. The second-order valence-electron chi connectivity index (χ2n) is 7.73. The maximum atomic E-state index is 13.4. The topological polar surface area (TPSA) is 69.0 Å². The Hall–Kier alpha value is -3.53. The molecule has 10 heteroatoms. The Labute approximate surface area is 204 Å². The van der Waals surface area contributed by atoms with Crippen molar-refractivity contribution in [3.63, 3.8) is 0 Å². The third-order valence-electron chi connectivity index (χ3n) is 5.45. The lowest BCUT2D eigenvalue weighted by molar-refractivity contribution is -0.137. The summed E-state index contributed by atoms with van der Waals surface area (Å²) >= 11 is 1.27. The van der Waals surface area contributed by atoms with Crippen LogP contribution in [-0.2, 0) is 16.7 Å². The van der Waals surface area contributed by atoms with Crippen LogP contribution in [0.1, 0.15) is 30.5 Å². The van der Waals surface area contributed by atoms with Gasteiger partial charge >= 0.3 is 6.18 Å². The summed E-state index contributed by atoms with van der Waals surface area (Å²) in [7, 11) is 1.53. The zero-order chi connectivity index (χ0) is 25.0. The molecule has 0 saturated carbocycles. The van der Waals surface area contributed by atoms with Gasteiger partial charge in [-0.15, -0.1) is 0 Å². The van der Waals surface area contributed by atoms with E-state index in [1.54, 1.807) is 47.3 Å². The molecule has 182 valence electrons. The number of nitrogens with zero attached hydrogens (tertiary/aromatic N) is 3. The quantitative estimate of drug-likeness (QED) is 0.286. The van der Waals surface area contributed by atoms with E-state index in [0.717, 1.165) is 12.1 Å². The first-order valence-electron chi connectivity index (χ1n) is 10.9. The van der Waals surface area contributed by atoms with Gasteiger partial charge < -0.3 is 14.6 Å². The standard InChI is InChI=1S/C25H23F3N4O2S/c1-3-20(23(33)30-19-9-4-5-10-22(19)34-2)32-21-14-29-12-11-18(21)31-24(32)35-15-16-7-6-8-17(13-16)25(26,27)28/h4-14,20H,3,15H2,1-2H3,(H,30,33)/t20-/m0/s1. The zero-order valence-electron chi connectivity index (χ0n) is 19.0. The lowest BCUT2D eigenvalue weighted by Crippen LogP contribution is -2.26. The number of rotatable bonds is 8. The van der Waals surface area contributed by atoms with Crippen molar-refractivity contribution < 1.29 is 22.7 Å². The Morgan fingerprint density at radius 3 is 2.71 bits per heavy atom.